The molecule has 2 heterocycles. The van der Waals surface area contributed by atoms with E-state index in [1.807, 2.05) is 21.0 Å². The van der Waals surface area contributed by atoms with E-state index in [4.69, 9.17) is 0 Å². The van der Waals surface area contributed by atoms with Gasteiger partial charge >= 0.3 is 0 Å². The third kappa shape index (κ3) is 6.02. The van der Waals surface area contributed by atoms with Crippen LogP contribution in [0.25, 0.3) is 0 Å². The highest BCUT2D eigenvalue weighted by Gasteiger charge is 2.14. The fraction of sp³-hybridized carbons (Fsp3) is 0.524. The number of aryl methyl sites for hydroxylation is 1. The van der Waals surface area contributed by atoms with Gasteiger partial charge in [0.15, 0.2) is 5.96 Å². The SMILES string of the molecule is CN=C(NCc1ccc(CN2CCN(C)CC2)cc1)N(C)Cc1csc(C)n1. The van der Waals surface area contributed by atoms with Gasteiger partial charge in [0.1, 0.15) is 0 Å². The molecule has 28 heavy (non-hydrogen) atoms. The summed E-state index contributed by atoms with van der Waals surface area (Å²) in [6, 6.07) is 8.94. The summed E-state index contributed by atoms with van der Waals surface area (Å²) in [6.07, 6.45) is 0. The monoisotopic (exact) mass is 400 g/mol. The third-order valence-electron chi connectivity index (χ3n) is 5.11. The molecule has 1 aromatic carbocycles. The van der Waals surface area contributed by atoms with Gasteiger partial charge in [0, 0.05) is 58.7 Å². The number of nitrogens with zero attached hydrogens (tertiary/aromatic N) is 5. The number of rotatable bonds is 6. The van der Waals surface area contributed by atoms with Gasteiger partial charge in [-0.25, -0.2) is 4.98 Å². The number of hydrogen-bond acceptors (Lipinski definition) is 5. The molecule has 0 bridgehead atoms. The number of aliphatic imine (C=N–C) groups is 1. The first-order valence-corrected chi connectivity index (χ1v) is 10.7. The summed E-state index contributed by atoms with van der Waals surface area (Å²) in [5.74, 6) is 0.882. The van der Waals surface area contributed by atoms with E-state index in [-0.39, 0.29) is 0 Å². The van der Waals surface area contributed by atoms with Crippen LogP contribution < -0.4 is 5.32 Å². The quantitative estimate of drug-likeness (QED) is 0.596. The maximum atomic E-state index is 4.53. The van der Waals surface area contributed by atoms with Gasteiger partial charge in [0.05, 0.1) is 17.2 Å². The van der Waals surface area contributed by atoms with E-state index in [2.05, 4.69) is 66.7 Å². The first-order chi connectivity index (χ1) is 13.5. The maximum absolute atomic E-state index is 4.53. The number of thiazole rings is 1. The normalized spacial score (nSPS) is 16.4. The maximum Gasteiger partial charge on any atom is 0.194 e. The predicted molar refractivity (Wildman–Crippen MR) is 118 cm³/mol. The van der Waals surface area contributed by atoms with Crippen molar-refractivity contribution in [2.24, 2.45) is 4.99 Å². The molecule has 0 atom stereocenters. The second-order valence-electron chi connectivity index (χ2n) is 7.51. The Bertz CT molecular complexity index is 761. The van der Waals surface area contributed by atoms with Crippen molar-refractivity contribution in [3.63, 3.8) is 0 Å². The van der Waals surface area contributed by atoms with Crippen molar-refractivity contribution in [1.82, 2.24) is 25.0 Å². The lowest BCUT2D eigenvalue weighted by atomic mass is 10.1. The minimum absolute atomic E-state index is 0.758. The molecule has 1 aliphatic heterocycles. The lowest BCUT2D eigenvalue weighted by Gasteiger charge is -2.32. The Labute approximate surface area is 172 Å². The molecule has 0 aliphatic carbocycles. The topological polar surface area (TPSA) is 47.0 Å². The number of hydrogen-bond donors (Lipinski definition) is 1. The second-order valence-corrected chi connectivity index (χ2v) is 8.57. The molecule has 6 nitrogen and oxygen atoms in total. The Hall–Kier alpha value is -1.96. The van der Waals surface area contributed by atoms with E-state index in [1.54, 1.807) is 11.3 Å². The van der Waals surface area contributed by atoms with E-state index in [9.17, 15) is 0 Å². The van der Waals surface area contributed by atoms with Gasteiger partial charge in [-0.05, 0) is 25.1 Å². The van der Waals surface area contributed by atoms with Gasteiger partial charge in [0.2, 0.25) is 0 Å². The molecule has 0 unspecified atom stereocenters. The molecule has 1 aromatic heterocycles. The Morgan fingerprint density at radius 3 is 2.46 bits per heavy atom. The number of likely N-dealkylation sites (N-methyl/N-ethyl adjacent to an activating group) is 1. The van der Waals surface area contributed by atoms with Crippen LogP contribution in [0, 0.1) is 6.92 Å². The number of guanidine groups is 1. The van der Waals surface area contributed by atoms with Crippen LogP contribution in [0.15, 0.2) is 34.6 Å². The second kappa shape index (κ2) is 10.0. The highest BCUT2D eigenvalue weighted by atomic mass is 32.1. The zero-order valence-electron chi connectivity index (χ0n) is 17.5. The summed E-state index contributed by atoms with van der Waals surface area (Å²) in [5, 5.41) is 6.66. The Balaban J connectivity index is 1.47. The minimum Gasteiger partial charge on any atom is -0.352 e. The summed E-state index contributed by atoms with van der Waals surface area (Å²) in [6.45, 7) is 9.23. The highest BCUT2D eigenvalue weighted by molar-refractivity contribution is 7.09. The molecule has 3 rings (SSSR count). The molecule has 7 heteroatoms. The van der Waals surface area contributed by atoms with Crippen molar-refractivity contribution in [3.05, 3.63) is 51.5 Å². The van der Waals surface area contributed by atoms with Crippen molar-refractivity contribution in [1.29, 1.82) is 0 Å². The number of benzene rings is 1. The van der Waals surface area contributed by atoms with Crippen LogP contribution >= 0.6 is 11.3 Å². The van der Waals surface area contributed by atoms with Crippen LogP contribution in [0.2, 0.25) is 0 Å². The molecule has 2 aromatic rings. The van der Waals surface area contributed by atoms with Crippen molar-refractivity contribution in [2.45, 2.75) is 26.6 Å². The molecule has 0 saturated carbocycles. The zero-order chi connectivity index (χ0) is 19.9. The molecule has 1 N–H and O–H groups in total. The van der Waals surface area contributed by atoms with E-state index >= 15 is 0 Å². The Morgan fingerprint density at radius 1 is 1.18 bits per heavy atom. The number of nitrogens with one attached hydrogen (secondary N) is 1. The number of piperazine rings is 1. The third-order valence-corrected chi connectivity index (χ3v) is 5.94. The molecule has 1 fully saturated rings. The molecule has 0 spiro atoms. The van der Waals surface area contributed by atoms with Gasteiger partial charge in [-0.3, -0.25) is 9.89 Å². The van der Waals surface area contributed by atoms with E-state index in [0.29, 0.717) is 0 Å². The van der Waals surface area contributed by atoms with Gasteiger partial charge < -0.3 is 15.1 Å². The summed E-state index contributed by atoms with van der Waals surface area (Å²) in [7, 11) is 6.07. The highest BCUT2D eigenvalue weighted by Crippen LogP contribution is 2.11. The van der Waals surface area contributed by atoms with Crippen LogP contribution in [0.4, 0.5) is 0 Å². The standard InChI is InChI=1S/C21H32N6S/c1-17-24-20(16-28-17)15-26(4)21(22-2)23-13-18-5-7-19(8-6-18)14-27-11-9-25(3)10-12-27/h5-8,16H,9-15H2,1-4H3,(H,22,23). The van der Waals surface area contributed by atoms with Crippen LogP contribution in [0.3, 0.4) is 0 Å². The van der Waals surface area contributed by atoms with E-state index in [0.717, 1.165) is 62.5 Å². The summed E-state index contributed by atoms with van der Waals surface area (Å²) < 4.78 is 0. The van der Waals surface area contributed by atoms with Gasteiger partial charge in [-0.2, -0.15) is 0 Å². The summed E-state index contributed by atoms with van der Waals surface area (Å²) >= 11 is 1.69. The molecule has 0 amide bonds. The van der Waals surface area contributed by atoms with Gasteiger partial charge in [0.25, 0.3) is 0 Å². The fourth-order valence-corrected chi connectivity index (χ4v) is 4.00. The first-order valence-electron chi connectivity index (χ1n) is 9.85. The van der Waals surface area contributed by atoms with Crippen molar-refractivity contribution >= 4 is 17.3 Å². The molecule has 1 aliphatic rings. The molecule has 1 saturated heterocycles. The van der Waals surface area contributed by atoms with E-state index in [1.165, 1.54) is 11.1 Å². The van der Waals surface area contributed by atoms with Gasteiger partial charge in [-0.15, -0.1) is 11.3 Å². The van der Waals surface area contributed by atoms with E-state index < -0.39 is 0 Å². The average molecular weight is 401 g/mol. The van der Waals surface area contributed by atoms with Crippen molar-refractivity contribution in [3.8, 4) is 0 Å². The van der Waals surface area contributed by atoms with Crippen LogP contribution in [-0.2, 0) is 19.6 Å². The summed E-state index contributed by atoms with van der Waals surface area (Å²) in [5.41, 5.74) is 3.73. The Morgan fingerprint density at radius 2 is 1.86 bits per heavy atom. The smallest absolute Gasteiger partial charge is 0.194 e. The molecular formula is C21H32N6S. The average Bonchev–Trinajstić information content (AvgIpc) is 3.10. The molecule has 152 valence electrons. The van der Waals surface area contributed by atoms with Crippen LogP contribution in [-0.4, -0.2) is 73.0 Å². The van der Waals surface area contributed by atoms with Crippen molar-refractivity contribution in [2.75, 3.05) is 47.3 Å². The lowest BCUT2D eigenvalue weighted by Crippen LogP contribution is -2.43. The number of aromatic nitrogens is 1. The van der Waals surface area contributed by atoms with Gasteiger partial charge in [-0.1, -0.05) is 24.3 Å². The minimum atomic E-state index is 0.758. The zero-order valence-corrected chi connectivity index (χ0v) is 18.3. The van der Waals surface area contributed by atoms with Crippen molar-refractivity contribution < 1.29 is 0 Å². The lowest BCUT2D eigenvalue weighted by molar-refractivity contribution is 0.148. The van der Waals surface area contributed by atoms with Crippen LogP contribution in [0.5, 0.6) is 0 Å². The molecule has 0 radical (unpaired) electrons. The van der Waals surface area contributed by atoms with Crippen LogP contribution in [0.1, 0.15) is 21.8 Å². The Kier molecular flexibility index (Phi) is 7.42. The largest absolute Gasteiger partial charge is 0.352 e. The predicted octanol–water partition coefficient (Wildman–Crippen LogP) is 2.41. The summed E-state index contributed by atoms with van der Waals surface area (Å²) in [4.78, 5) is 16.0. The molecular weight excluding hydrogens is 368 g/mol. The first kappa shape index (κ1) is 20.8. The fourth-order valence-electron chi connectivity index (χ4n) is 3.39.